The standard InChI is InChI=1S/C18H18O4/c1-12(19)22-16-10-9-13(17(20)21)11-15(16)18(2,3)14-7-5-4-6-8-14/h4-11H,1-3H3,(H,20,21). The summed E-state index contributed by atoms with van der Waals surface area (Å²) in [7, 11) is 0. The lowest BCUT2D eigenvalue weighted by Crippen LogP contribution is -2.21. The first-order valence-electron chi connectivity index (χ1n) is 6.94. The summed E-state index contributed by atoms with van der Waals surface area (Å²) < 4.78 is 5.26. The molecule has 0 aromatic heterocycles. The molecule has 4 heteroatoms. The molecule has 2 rings (SSSR count). The van der Waals surface area contributed by atoms with E-state index in [0.717, 1.165) is 5.56 Å². The van der Waals surface area contributed by atoms with Gasteiger partial charge in [-0.15, -0.1) is 0 Å². The molecule has 0 aliphatic carbocycles. The first kappa shape index (κ1) is 15.8. The van der Waals surface area contributed by atoms with E-state index in [1.165, 1.54) is 19.1 Å². The molecule has 22 heavy (non-hydrogen) atoms. The largest absolute Gasteiger partial charge is 0.478 e. The van der Waals surface area contributed by atoms with Crippen molar-refractivity contribution >= 4 is 11.9 Å². The SMILES string of the molecule is CC(=O)Oc1ccc(C(=O)O)cc1C(C)(C)c1ccccc1. The summed E-state index contributed by atoms with van der Waals surface area (Å²) in [5, 5.41) is 9.21. The fourth-order valence-electron chi connectivity index (χ4n) is 2.41. The second-order valence-corrected chi connectivity index (χ2v) is 5.60. The molecule has 2 aromatic carbocycles. The molecule has 0 aliphatic rings. The van der Waals surface area contributed by atoms with Gasteiger partial charge in [-0.05, 0) is 23.8 Å². The van der Waals surface area contributed by atoms with Crippen LogP contribution in [0.4, 0.5) is 0 Å². The third-order valence-corrected chi connectivity index (χ3v) is 3.65. The number of rotatable bonds is 4. The number of hydrogen-bond donors (Lipinski definition) is 1. The van der Waals surface area contributed by atoms with Gasteiger partial charge >= 0.3 is 11.9 Å². The summed E-state index contributed by atoms with van der Waals surface area (Å²) >= 11 is 0. The van der Waals surface area contributed by atoms with Gasteiger partial charge in [0.15, 0.2) is 0 Å². The van der Waals surface area contributed by atoms with Crippen LogP contribution in [0.5, 0.6) is 5.75 Å². The fourth-order valence-corrected chi connectivity index (χ4v) is 2.41. The quantitative estimate of drug-likeness (QED) is 0.691. The van der Waals surface area contributed by atoms with Crippen molar-refractivity contribution in [2.75, 3.05) is 0 Å². The summed E-state index contributed by atoms with van der Waals surface area (Å²) in [4.78, 5) is 22.6. The van der Waals surface area contributed by atoms with E-state index in [4.69, 9.17) is 4.74 Å². The monoisotopic (exact) mass is 298 g/mol. The Morgan fingerprint density at radius 2 is 1.68 bits per heavy atom. The second-order valence-electron chi connectivity index (χ2n) is 5.60. The molecule has 2 aromatic rings. The van der Waals surface area contributed by atoms with Crippen LogP contribution < -0.4 is 4.74 Å². The normalized spacial score (nSPS) is 11.0. The summed E-state index contributed by atoms with van der Waals surface area (Å²) in [6, 6.07) is 14.2. The van der Waals surface area contributed by atoms with Crippen LogP contribution in [-0.2, 0) is 10.2 Å². The van der Waals surface area contributed by atoms with Crippen LogP contribution in [0.25, 0.3) is 0 Å². The lowest BCUT2D eigenvalue weighted by Gasteiger charge is -2.28. The van der Waals surface area contributed by atoms with E-state index in [-0.39, 0.29) is 5.56 Å². The summed E-state index contributed by atoms with van der Waals surface area (Å²) in [6.45, 7) is 5.26. The predicted molar refractivity (Wildman–Crippen MR) is 83.3 cm³/mol. The molecular formula is C18H18O4. The van der Waals surface area contributed by atoms with E-state index >= 15 is 0 Å². The average Bonchev–Trinajstić information content (AvgIpc) is 2.47. The molecule has 0 spiro atoms. The minimum Gasteiger partial charge on any atom is -0.478 e. The zero-order valence-corrected chi connectivity index (χ0v) is 12.8. The molecule has 0 saturated heterocycles. The van der Waals surface area contributed by atoms with E-state index in [1.54, 1.807) is 6.07 Å². The minimum absolute atomic E-state index is 0.162. The molecule has 1 N–H and O–H groups in total. The van der Waals surface area contributed by atoms with Crippen molar-refractivity contribution < 1.29 is 19.4 Å². The van der Waals surface area contributed by atoms with Gasteiger partial charge in [-0.25, -0.2) is 4.79 Å². The van der Waals surface area contributed by atoms with E-state index in [2.05, 4.69) is 0 Å². The number of ether oxygens (including phenoxy) is 1. The van der Waals surface area contributed by atoms with Crippen LogP contribution in [0.2, 0.25) is 0 Å². The van der Waals surface area contributed by atoms with E-state index in [0.29, 0.717) is 11.3 Å². The van der Waals surface area contributed by atoms with E-state index in [9.17, 15) is 14.7 Å². The molecule has 0 fully saturated rings. The minimum atomic E-state index is -1.01. The molecule has 114 valence electrons. The van der Waals surface area contributed by atoms with E-state index in [1.807, 2.05) is 44.2 Å². The van der Waals surface area contributed by atoms with Gasteiger partial charge in [-0.3, -0.25) is 4.79 Å². The number of carbonyl (C=O) groups is 2. The Balaban J connectivity index is 2.61. The number of aromatic carboxylic acids is 1. The first-order valence-corrected chi connectivity index (χ1v) is 6.94. The molecule has 0 amide bonds. The third kappa shape index (κ3) is 3.17. The van der Waals surface area contributed by atoms with Crippen molar-refractivity contribution in [3.05, 3.63) is 65.2 Å². The van der Waals surface area contributed by atoms with Gasteiger partial charge < -0.3 is 9.84 Å². The lowest BCUT2D eigenvalue weighted by molar-refractivity contribution is -0.131. The molecule has 0 radical (unpaired) electrons. The van der Waals surface area contributed by atoms with Crippen LogP contribution in [0.3, 0.4) is 0 Å². The topological polar surface area (TPSA) is 63.6 Å². The van der Waals surface area contributed by atoms with Crippen LogP contribution in [0.1, 0.15) is 42.3 Å². The highest BCUT2D eigenvalue weighted by Crippen LogP contribution is 2.37. The van der Waals surface area contributed by atoms with Gasteiger partial charge in [0.2, 0.25) is 0 Å². The van der Waals surface area contributed by atoms with Gasteiger partial charge in [-0.1, -0.05) is 44.2 Å². The first-order chi connectivity index (χ1) is 10.3. The van der Waals surface area contributed by atoms with Crippen molar-refractivity contribution in [1.29, 1.82) is 0 Å². The Kier molecular flexibility index (Phi) is 4.31. The van der Waals surface area contributed by atoms with Gasteiger partial charge in [0, 0.05) is 17.9 Å². The molecule has 0 aliphatic heterocycles. The highest BCUT2D eigenvalue weighted by molar-refractivity contribution is 5.88. The van der Waals surface area contributed by atoms with Crippen LogP contribution in [0.15, 0.2) is 48.5 Å². The highest BCUT2D eigenvalue weighted by atomic mass is 16.5. The van der Waals surface area contributed by atoms with Crippen molar-refractivity contribution in [3.63, 3.8) is 0 Å². The number of carbonyl (C=O) groups excluding carboxylic acids is 1. The predicted octanol–water partition coefficient (Wildman–Crippen LogP) is 3.64. The maximum atomic E-state index is 11.3. The maximum Gasteiger partial charge on any atom is 0.335 e. The third-order valence-electron chi connectivity index (χ3n) is 3.65. The zero-order valence-electron chi connectivity index (χ0n) is 12.8. The number of hydrogen-bond acceptors (Lipinski definition) is 3. The molecule has 0 saturated carbocycles. The van der Waals surface area contributed by atoms with Crippen LogP contribution in [-0.4, -0.2) is 17.0 Å². The molecule has 4 nitrogen and oxygen atoms in total. The Bertz CT molecular complexity index is 702. The number of carboxylic acids is 1. The molecule has 0 bridgehead atoms. The lowest BCUT2D eigenvalue weighted by atomic mass is 9.77. The van der Waals surface area contributed by atoms with Gasteiger partial charge in [-0.2, -0.15) is 0 Å². The molecule has 0 atom stereocenters. The van der Waals surface area contributed by atoms with Crippen LogP contribution >= 0.6 is 0 Å². The Morgan fingerprint density at radius 1 is 1.05 bits per heavy atom. The average molecular weight is 298 g/mol. The maximum absolute atomic E-state index is 11.3. The van der Waals surface area contributed by atoms with Crippen molar-refractivity contribution in [2.24, 2.45) is 0 Å². The van der Waals surface area contributed by atoms with E-state index < -0.39 is 17.4 Å². The number of benzene rings is 2. The van der Waals surface area contributed by atoms with Gasteiger partial charge in [0.25, 0.3) is 0 Å². The van der Waals surface area contributed by atoms with Crippen molar-refractivity contribution in [3.8, 4) is 5.75 Å². The summed E-state index contributed by atoms with van der Waals surface area (Å²) in [6.07, 6.45) is 0. The zero-order chi connectivity index (χ0) is 16.3. The van der Waals surface area contributed by atoms with Crippen LogP contribution in [0, 0.1) is 0 Å². The smallest absolute Gasteiger partial charge is 0.335 e. The highest BCUT2D eigenvalue weighted by Gasteiger charge is 2.28. The Hall–Kier alpha value is -2.62. The number of esters is 1. The molecule has 0 unspecified atom stereocenters. The molecule has 0 heterocycles. The Morgan fingerprint density at radius 3 is 2.23 bits per heavy atom. The van der Waals surface area contributed by atoms with Gasteiger partial charge in [0.1, 0.15) is 5.75 Å². The van der Waals surface area contributed by atoms with Crippen molar-refractivity contribution in [1.82, 2.24) is 0 Å². The van der Waals surface area contributed by atoms with Gasteiger partial charge in [0.05, 0.1) is 5.56 Å². The van der Waals surface area contributed by atoms with Crippen molar-refractivity contribution in [2.45, 2.75) is 26.2 Å². The fraction of sp³-hybridized carbons (Fsp3) is 0.222. The number of carboxylic acid groups (broad SMARTS) is 1. The molecular weight excluding hydrogens is 280 g/mol. The Labute approximate surface area is 129 Å². The summed E-state index contributed by atoms with van der Waals surface area (Å²) in [5.41, 5.74) is 1.33. The summed E-state index contributed by atoms with van der Waals surface area (Å²) in [5.74, 6) is -1.07. The second kappa shape index (κ2) is 6.02.